The molecule has 92 valence electrons. The second kappa shape index (κ2) is 4.71. The van der Waals surface area contributed by atoms with Gasteiger partial charge in [-0.3, -0.25) is 4.40 Å². The predicted octanol–water partition coefficient (Wildman–Crippen LogP) is 0.321. The maximum absolute atomic E-state index is 11.0. The summed E-state index contributed by atoms with van der Waals surface area (Å²) in [4.78, 5) is 15.1. The molecule has 2 heterocycles. The van der Waals surface area contributed by atoms with Crippen molar-refractivity contribution in [2.24, 2.45) is 0 Å². The molecule has 2 aromatic rings. The smallest absolute Gasteiger partial charge is 0.327 e. The molecule has 2 aromatic heterocycles. The Kier molecular flexibility index (Phi) is 3.10. The molecule has 1 atom stereocenters. The summed E-state index contributed by atoms with van der Waals surface area (Å²) in [5.74, 6) is 2.32. The Morgan fingerprint density at radius 1 is 1.67 bits per heavy atom. The largest absolute Gasteiger partial charge is 0.480 e. The lowest BCUT2D eigenvalue weighted by molar-refractivity contribution is -0.137. The molecule has 0 aliphatic rings. The fourth-order valence-electron chi connectivity index (χ4n) is 1.53. The van der Waals surface area contributed by atoms with Crippen molar-refractivity contribution in [1.29, 1.82) is 0 Å². The zero-order valence-electron chi connectivity index (χ0n) is 9.66. The highest BCUT2D eigenvalue weighted by Crippen LogP contribution is 2.13. The molecule has 0 spiro atoms. The number of nitrogens with one attached hydrogen (secondary N) is 1. The fraction of sp³-hybridized carbons (Fsp3) is 0.273. The SMILES string of the molecule is C#CCC(Nc1nccn2c(C)nnc12)C(=O)O. The molecule has 0 aromatic carbocycles. The normalized spacial score (nSPS) is 12.0. The lowest BCUT2D eigenvalue weighted by Crippen LogP contribution is -2.29. The van der Waals surface area contributed by atoms with Crippen LogP contribution in [0.1, 0.15) is 12.2 Å². The minimum Gasteiger partial charge on any atom is -0.480 e. The number of carboxylic acid groups (broad SMARTS) is 1. The highest BCUT2D eigenvalue weighted by atomic mass is 16.4. The molecule has 0 radical (unpaired) electrons. The maximum atomic E-state index is 11.0. The first-order valence-electron chi connectivity index (χ1n) is 5.22. The summed E-state index contributed by atoms with van der Waals surface area (Å²) in [6.45, 7) is 1.79. The van der Waals surface area contributed by atoms with Crippen LogP contribution in [0.15, 0.2) is 12.4 Å². The first kappa shape index (κ1) is 11.9. The average Bonchev–Trinajstić information content (AvgIpc) is 2.72. The van der Waals surface area contributed by atoms with Crippen LogP contribution in [0.4, 0.5) is 5.82 Å². The van der Waals surface area contributed by atoms with Crippen molar-refractivity contribution in [1.82, 2.24) is 19.6 Å². The molecule has 7 nitrogen and oxygen atoms in total. The Morgan fingerprint density at radius 2 is 2.44 bits per heavy atom. The van der Waals surface area contributed by atoms with Crippen molar-refractivity contribution in [3.8, 4) is 12.3 Å². The van der Waals surface area contributed by atoms with Crippen LogP contribution in [0.25, 0.3) is 5.65 Å². The molecule has 1 unspecified atom stereocenters. The minimum absolute atomic E-state index is 0.0607. The van der Waals surface area contributed by atoms with Crippen LogP contribution in [-0.4, -0.2) is 36.7 Å². The van der Waals surface area contributed by atoms with Crippen LogP contribution in [0.2, 0.25) is 0 Å². The molecule has 0 saturated heterocycles. The van der Waals surface area contributed by atoms with Gasteiger partial charge in [0.2, 0.25) is 5.65 Å². The second-order valence-corrected chi connectivity index (χ2v) is 3.66. The number of rotatable bonds is 4. The number of aliphatic carboxylic acids is 1. The van der Waals surface area contributed by atoms with Crippen LogP contribution in [0.5, 0.6) is 0 Å². The standard InChI is InChI=1S/C11H11N5O2/c1-3-4-8(11(17)18)13-9-10-15-14-7(2)16(10)6-5-12-9/h1,5-6,8H,4H2,2H3,(H,12,13)(H,17,18). The Labute approximate surface area is 103 Å². The van der Waals surface area contributed by atoms with E-state index in [-0.39, 0.29) is 6.42 Å². The van der Waals surface area contributed by atoms with Gasteiger partial charge in [-0.05, 0) is 6.92 Å². The molecule has 0 saturated carbocycles. The monoisotopic (exact) mass is 245 g/mol. The van der Waals surface area contributed by atoms with Crippen molar-refractivity contribution >= 4 is 17.4 Å². The van der Waals surface area contributed by atoms with Crippen LogP contribution in [0.3, 0.4) is 0 Å². The highest BCUT2D eigenvalue weighted by Gasteiger charge is 2.18. The van der Waals surface area contributed by atoms with Gasteiger partial charge >= 0.3 is 5.97 Å². The lowest BCUT2D eigenvalue weighted by Gasteiger charge is -2.12. The van der Waals surface area contributed by atoms with E-state index in [0.717, 1.165) is 0 Å². The summed E-state index contributed by atoms with van der Waals surface area (Å²) >= 11 is 0. The van der Waals surface area contributed by atoms with Crippen LogP contribution in [0, 0.1) is 19.3 Å². The first-order chi connectivity index (χ1) is 8.63. The Hall–Kier alpha value is -2.62. The van der Waals surface area contributed by atoms with Gasteiger partial charge in [-0.1, -0.05) is 0 Å². The zero-order valence-corrected chi connectivity index (χ0v) is 9.66. The topological polar surface area (TPSA) is 92.4 Å². The predicted molar refractivity (Wildman–Crippen MR) is 64.0 cm³/mol. The van der Waals surface area contributed by atoms with Crippen molar-refractivity contribution in [3.05, 3.63) is 18.2 Å². The van der Waals surface area contributed by atoms with E-state index in [1.807, 2.05) is 0 Å². The fourth-order valence-corrected chi connectivity index (χ4v) is 1.53. The molecular weight excluding hydrogens is 234 g/mol. The number of hydrogen-bond acceptors (Lipinski definition) is 5. The third-order valence-electron chi connectivity index (χ3n) is 2.43. The molecule has 18 heavy (non-hydrogen) atoms. The van der Waals surface area contributed by atoms with E-state index in [4.69, 9.17) is 11.5 Å². The van der Waals surface area contributed by atoms with Crippen LogP contribution >= 0.6 is 0 Å². The summed E-state index contributed by atoms with van der Waals surface area (Å²) in [7, 11) is 0. The van der Waals surface area contributed by atoms with Gasteiger partial charge in [0.25, 0.3) is 0 Å². The summed E-state index contributed by atoms with van der Waals surface area (Å²) in [5, 5.41) is 19.6. The van der Waals surface area contributed by atoms with Gasteiger partial charge in [0, 0.05) is 18.8 Å². The maximum Gasteiger partial charge on any atom is 0.327 e. The van der Waals surface area contributed by atoms with Crippen molar-refractivity contribution in [2.75, 3.05) is 5.32 Å². The van der Waals surface area contributed by atoms with Crippen LogP contribution in [-0.2, 0) is 4.79 Å². The molecular formula is C11H11N5O2. The Bertz CT molecular complexity index is 628. The summed E-state index contributed by atoms with van der Waals surface area (Å²) in [5.41, 5.74) is 0.471. The molecule has 0 aliphatic heterocycles. The van der Waals surface area contributed by atoms with Gasteiger partial charge in [-0.25, -0.2) is 9.78 Å². The lowest BCUT2D eigenvalue weighted by atomic mass is 10.2. The summed E-state index contributed by atoms with van der Waals surface area (Å²) in [6.07, 6.45) is 8.43. The van der Waals surface area contributed by atoms with E-state index in [1.165, 1.54) is 0 Å². The molecule has 0 bridgehead atoms. The van der Waals surface area contributed by atoms with Gasteiger partial charge in [-0.15, -0.1) is 22.5 Å². The second-order valence-electron chi connectivity index (χ2n) is 3.66. The molecule has 2 rings (SSSR count). The highest BCUT2D eigenvalue weighted by molar-refractivity contribution is 5.79. The van der Waals surface area contributed by atoms with E-state index >= 15 is 0 Å². The van der Waals surface area contributed by atoms with E-state index < -0.39 is 12.0 Å². The van der Waals surface area contributed by atoms with Crippen molar-refractivity contribution in [3.63, 3.8) is 0 Å². The Balaban J connectivity index is 2.37. The molecule has 0 aliphatic carbocycles. The molecule has 2 N–H and O–H groups in total. The third-order valence-corrected chi connectivity index (χ3v) is 2.43. The quantitative estimate of drug-likeness (QED) is 0.754. The number of terminal acetylenes is 1. The van der Waals surface area contributed by atoms with Gasteiger partial charge in [-0.2, -0.15) is 0 Å². The summed E-state index contributed by atoms with van der Waals surface area (Å²) < 4.78 is 1.71. The van der Waals surface area contributed by atoms with Gasteiger partial charge < -0.3 is 10.4 Å². The average molecular weight is 245 g/mol. The van der Waals surface area contributed by atoms with Crippen LogP contribution < -0.4 is 5.32 Å². The number of aryl methyl sites for hydroxylation is 1. The van der Waals surface area contributed by atoms with E-state index in [9.17, 15) is 4.79 Å². The molecule has 0 fully saturated rings. The van der Waals surface area contributed by atoms with Gasteiger partial charge in [0.05, 0.1) is 0 Å². The number of anilines is 1. The van der Waals surface area contributed by atoms with E-state index in [2.05, 4.69) is 26.4 Å². The van der Waals surface area contributed by atoms with Crippen molar-refractivity contribution < 1.29 is 9.90 Å². The zero-order chi connectivity index (χ0) is 13.1. The van der Waals surface area contributed by atoms with Crippen molar-refractivity contribution in [2.45, 2.75) is 19.4 Å². The number of carboxylic acids is 1. The number of nitrogens with zero attached hydrogens (tertiary/aromatic N) is 4. The number of hydrogen-bond donors (Lipinski definition) is 2. The summed E-state index contributed by atoms with van der Waals surface area (Å²) in [6, 6.07) is -0.897. The van der Waals surface area contributed by atoms with E-state index in [1.54, 1.807) is 23.7 Å². The molecule has 0 amide bonds. The van der Waals surface area contributed by atoms with E-state index in [0.29, 0.717) is 17.3 Å². The molecule has 7 heteroatoms. The number of aromatic nitrogens is 4. The Morgan fingerprint density at radius 3 is 3.11 bits per heavy atom. The number of fused-ring (bicyclic) bond motifs is 1. The third kappa shape index (κ3) is 2.08. The number of carbonyl (C=O) groups is 1. The minimum atomic E-state index is -1.03. The van der Waals surface area contributed by atoms with Gasteiger partial charge in [0.15, 0.2) is 5.82 Å². The van der Waals surface area contributed by atoms with Gasteiger partial charge in [0.1, 0.15) is 11.9 Å². The first-order valence-corrected chi connectivity index (χ1v) is 5.22.